The van der Waals surface area contributed by atoms with Gasteiger partial charge in [0.25, 0.3) is 0 Å². The van der Waals surface area contributed by atoms with E-state index >= 15 is 0 Å². The van der Waals surface area contributed by atoms with Crippen molar-refractivity contribution >= 4 is 12.1 Å². The number of piperidine rings is 1. The Labute approximate surface area is 115 Å². The predicted molar refractivity (Wildman–Crippen MR) is 71.7 cm³/mol. The van der Waals surface area contributed by atoms with E-state index in [4.69, 9.17) is 9.47 Å². The van der Waals surface area contributed by atoms with Gasteiger partial charge in [0.2, 0.25) is 0 Å². The summed E-state index contributed by atoms with van der Waals surface area (Å²) in [6, 6.07) is 0. The zero-order valence-corrected chi connectivity index (χ0v) is 12.6. The van der Waals surface area contributed by atoms with Crippen LogP contribution < -0.4 is 0 Å². The fraction of sp³-hybridized carbons (Fsp3) is 0.857. The molecule has 0 aromatic carbocycles. The Morgan fingerprint density at radius 2 is 1.95 bits per heavy atom. The number of carbonyl (C=O) groups excluding carboxylic acids is 2. The number of nitrogens with zero attached hydrogens (tertiary/aromatic N) is 1. The van der Waals surface area contributed by atoms with Gasteiger partial charge in [0.15, 0.2) is 0 Å². The summed E-state index contributed by atoms with van der Waals surface area (Å²) in [6.45, 7) is 10.7. The molecular weight excluding hydrogens is 246 g/mol. The fourth-order valence-electron chi connectivity index (χ4n) is 2.12. The molecule has 1 rings (SSSR count). The molecule has 5 nitrogen and oxygen atoms in total. The molecule has 0 saturated carbocycles. The molecule has 0 aromatic rings. The minimum Gasteiger partial charge on any atom is -0.466 e. The van der Waals surface area contributed by atoms with Crippen molar-refractivity contribution in [2.45, 2.75) is 46.6 Å². The lowest BCUT2D eigenvalue weighted by atomic mass is 9.87. The van der Waals surface area contributed by atoms with Crippen LogP contribution in [0.25, 0.3) is 0 Å². The smallest absolute Gasteiger partial charge is 0.410 e. The highest BCUT2D eigenvalue weighted by Crippen LogP contribution is 2.25. The summed E-state index contributed by atoms with van der Waals surface area (Å²) < 4.78 is 10.4. The second-order valence-electron chi connectivity index (χ2n) is 6.05. The molecule has 1 fully saturated rings. The van der Waals surface area contributed by atoms with Crippen LogP contribution in [-0.4, -0.2) is 42.3 Å². The summed E-state index contributed by atoms with van der Waals surface area (Å²) in [5, 5.41) is 0. The molecule has 1 aliphatic rings. The lowest BCUT2D eigenvalue weighted by Gasteiger charge is -2.36. The first-order valence-corrected chi connectivity index (χ1v) is 6.89. The van der Waals surface area contributed by atoms with Gasteiger partial charge in [-0.2, -0.15) is 0 Å². The third-order valence-corrected chi connectivity index (χ3v) is 3.20. The van der Waals surface area contributed by atoms with E-state index < -0.39 is 5.60 Å². The van der Waals surface area contributed by atoms with Crippen LogP contribution in [0.5, 0.6) is 0 Å². The van der Waals surface area contributed by atoms with Gasteiger partial charge in [-0.1, -0.05) is 6.92 Å². The fourth-order valence-corrected chi connectivity index (χ4v) is 2.12. The molecule has 0 N–H and O–H groups in total. The minimum atomic E-state index is -0.514. The summed E-state index contributed by atoms with van der Waals surface area (Å²) in [5.41, 5.74) is -0.514. The van der Waals surface area contributed by atoms with E-state index in [1.807, 2.05) is 27.7 Å². The molecule has 5 heteroatoms. The molecule has 110 valence electrons. The maximum absolute atomic E-state index is 12.0. The first-order valence-electron chi connectivity index (χ1n) is 6.89. The van der Waals surface area contributed by atoms with Gasteiger partial charge in [-0.3, -0.25) is 4.79 Å². The van der Waals surface area contributed by atoms with Crippen LogP contribution in [0.4, 0.5) is 4.79 Å². The average molecular weight is 271 g/mol. The molecule has 1 heterocycles. The largest absolute Gasteiger partial charge is 0.466 e. The van der Waals surface area contributed by atoms with Crippen molar-refractivity contribution in [3.63, 3.8) is 0 Å². The Balaban J connectivity index is 2.63. The zero-order chi connectivity index (χ0) is 14.6. The quantitative estimate of drug-likeness (QED) is 0.724. The molecule has 1 amide bonds. The van der Waals surface area contributed by atoms with Crippen LogP contribution in [0.3, 0.4) is 0 Å². The van der Waals surface area contributed by atoms with Gasteiger partial charge in [-0.15, -0.1) is 0 Å². The van der Waals surface area contributed by atoms with Gasteiger partial charge < -0.3 is 14.4 Å². The van der Waals surface area contributed by atoms with E-state index in [0.29, 0.717) is 19.7 Å². The number of hydrogen-bond donors (Lipinski definition) is 0. The van der Waals surface area contributed by atoms with E-state index in [1.54, 1.807) is 11.8 Å². The highest BCUT2D eigenvalue weighted by molar-refractivity contribution is 5.75. The average Bonchev–Trinajstić information content (AvgIpc) is 2.27. The predicted octanol–water partition coefficient (Wildman–Crippen LogP) is 2.44. The van der Waals surface area contributed by atoms with Crippen LogP contribution in [0, 0.1) is 11.8 Å². The van der Waals surface area contributed by atoms with Gasteiger partial charge in [-0.25, -0.2) is 4.79 Å². The monoisotopic (exact) mass is 271 g/mol. The minimum absolute atomic E-state index is 0.219. The molecule has 19 heavy (non-hydrogen) atoms. The normalized spacial score (nSPS) is 23.9. The Morgan fingerprint density at radius 1 is 1.32 bits per heavy atom. The number of carbonyl (C=O) groups is 2. The van der Waals surface area contributed by atoms with E-state index in [9.17, 15) is 9.59 Å². The summed E-state index contributed by atoms with van der Waals surface area (Å²) in [5.74, 6) is -0.234. The molecule has 0 radical (unpaired) electrons. The molecule has 1 saturated heterocycles. The Bertz CT molecular complexity index is 335. The van der Waals surface area contributed by atoms with Gasteiger partial charge in [0.1, 0.15) is 5.60 Å². The molecule has 0 aliphatic carbocycles. The SMILES string of the molecule is CCOC(=O)[C@H]1CN(C(=O)OC(C)(C)C)CC[C@@H]1C. The van der Waals surface area contributed by atoms with E-state index in [1.165, 1.54) is 0 Å². The summed E-state index contributed by atoms with van der Waals surface area (Å²) in [6.07, 6.45) is 0.441. The number of hydrogen-bond acceptors (Lipinski definition) is 4. The van der Waals surface area contributed by atoms with Gasteiger partial charge >= 0.3 is 12.1 Å². The number of esters is 1. The highest BCUT2D eigenvalue weighted by Gasteiger charge is 2.36. The van der Waals surface area contributed by atoms with Gasteiger partial charge in [-0.05, 0) is 40.0 Å². The molecule has 0 spiro atoms. The first-order chi connectivity index (χ1) is 8.74. The van der Waals surface area contributed by atoms with Crippen molar-refractivity contribution in [1.82, 2.24) is 4.90 Å². The van der Waals surface area contributed by atoms with Crippen LogP contribution in [0.2, 0.25) is 0 Å². The number of rotatable bonds is 2. The van der Waals surface area contributed by atoms with Gasteiger partial charge in [0.05, 0.1) is 12.5 Å². The zero-order valence-electron chi connectivity index (χ0n) is 12.6. The summed E-state index contributed by atoms with van der Waals surface area (Å²) in [4.78, 5) is 25.5. The van der Waals surface area contributed by atoms with E-state index in [0.717, 1.165) is 6.42 Å². The third kappa shape index (κ3) is 4.73. The maximum Gasteiger partial charge on any atom is 0.410 e. The second kappa shape index (κ2) is 6.26. The molecule has 2 atom stereocenters. The Kier molecular flexibility index (Phi) is 5.20. The summed E-state index contributed by atoms with van der Waals surface area (Å²) in [7, 11) is 0. The number of amides is 1. The third-order valence-electron chi connectivity index (χ3n) is 3.20. The van der Waals surface area contributed by atoms with Gasteiger partial charge in [0, 0.05) is 13.1 Å². The van der Waals surface area contributed by atoms with Crippen LogP contribution in [-0.2, 0) is 14.3 Å². The van der Waals surface area contributed by atoms with Crippen LogP contribution >= 0.6 is 0 Å². The van der Waals surface area contributed by atoms with Crippen molar-refractivity contribution in [2.75, 3.05) is 19.7 Å². The van der Waals surface area contributed by atoms with Crippen molar-refractivity contribution in [1.29, 1.82) is 0 Å². The van der Waals surface area contributed by atoms with E-state index in [2.05, 4.69) is 0 Å². The Morgan fingerprint density at radius 3 is 2.47 bits per heavy atom. The number of ether oxygens (including phenoxy) is 2. The first kappa shape index (κ1) is 15.8. The Hall–Kier alpha value is -1.26. The topological polar surface area (TPSA) is 55.8 Å². The molecule has 0 bridgehead atoms. The second-order valence-corrected chi connectivity index (χ2v) is 6.05. The lowest BCUT2D eigenvalue weighted by Crippen LogP contribution is -2.47. The molecule has 0 unspecified atom stereocenters. The molecular formula is C14H25NO4. The van der Waals surface area contributed by atoms with E-state index in [-0.39, 0.29) is 23.9 Å². The van der Waals surface area contributed by atoms with Crippen molar-refractivity contribution in [2.24, 2.45) is 11.8 Å². The number of likely N-dealkylation sites (tertiary alicyclic amines) is 1. The van der Waals surface area contributed by atoms with Crippen molar-refractivity contribution < 1.29 is 19.1 Å². The maximum atomic E-state index is 12.0. The molecule has 1 aliphatic heterocycles. The molecule has 0 aromatic heterocycles. The standard InChI is InChI=1S/C14H25NO4/c1-6-18-12(16)11-9-15(8-7-10(11)2)13(17)19-14(3,4)5/h10-11H,6-9H2,1-5H3/t10-,11-/m0/s1. The lowest BCUT2D eigenvalue weighted by molar-refractivity contribution is -0.151. The highest BCUT2D eigenvalue weighted by atomic mass is 16.6. The van der Waals surface area contributed by atoms with Crippen molar-refractivity contribution in [3.8, 4) is 0 Å². The van der Waals surface area contributed by atoms with Crippen molar-refractivity contribution in [3.05, 3.63) is 0 Å². The van der Waals surface area contributed by atoms with Crippen LogP contribution in [0.15, 0.2) is 0 Å². The summed E-state index contributed by atoms with van der Waals surface area (Å²) >= 11 is 0. The van der Waals surface area contributed by atoms with Crippen LogP contribution in [0.1, 0.15) is 41.0 Å².